The highest BCUT2D eigenvalue weighted by atomic mass is 19.1. The quantitative estimate of drug-likeness (QED) is 0.502. The van der Waals surface area contributed by atoms with Crippen molar-refractivity contribution in [2.45, 2.75) is 51.6 Å². The Hall–Kier alpha value is -3.24. The van der Waals surface area contributed by atoms with Crippen LogP contribution in [0.1, 0.15) is 49.9 Å². The maximum absolute atomic E-state index is 15.3. The summed E-state index contributed by atoms with van der Waals surface area (Å²) in [7, 11) is 1.85. The van der Waals surface area contributed by atoms with E-state index in [2.05, 4.69) is 25.3 Å². The lowest BCUT2D eigenvalue weighted by atomic mass is 9.95. The molecular weight excluding hydrogens is 495 g/mol. The third-order valence-electron chi connectivity index (χ3n) is 8.67. The second kappa shape index (κ2) is 11.1. The molecule has 0 atom stereocenters. The van der Waals surface area contributed by atoms with E-state index in [1.54, 1.807) is 23.9 Å². The molecule has 1 aromatic carbocycles. The maximum atomic E-state index is 15.3. The number of carbonyl (C=O) groups excluding carboxylic acids is 1. The number of carbonyl (C=O) groups is 1. The number of piperidine rings is 2. The molecule has 2 fully saturated rings. The van der Waals surface area contributed by atoms with Crippen LogP contribution in [0, 0.1) is 11.7 Å². The number of hydrogen-bond donors (Lipinski definition) is 2. The molecule has 208 valence electrons. The normalized spacial score (nSPS) is 19.3. The Kier molecular flexibility index (Phi) is 7.40. The van der Waals surface area contributed by atoms with Gasteiger partial charge in [-0.2, -0.15) is 10.2 Å². The molecule has 0 aliphatic carbocycles. The number of anilines is 2. The summed E-state index contributed by atoms with van der Waals surface area (Å²) in [5.74, 6) is 1.16. The summed E-state index contributed by atoms with van der Waals surface area (Å²) in [6.45, 7) is 8.43. The Morgan fingerprint density at radius 3 is 2.62 bits per heavy atom. The predicted octanol–water partition coefficient (Wildman–Crippen LogP) is 3.71. The monoisotopic (exact) mass is 534 g/mol. The van der Waals surface area contributed by atoms with Crippen molar-refractivity contribution in [3.63, 3.8) is 0 Å². The summed E-state index contributed by atoms with van der Waals surface area (Å²) in [5, 5.41) is 16.0. The highest BCUT2D eigenvalue weighted by Gasteiger charge is 2.31. The van der Waals surface area contributed by atoms with E-state index in [1.807, 2.05) is 24.2 Å². The molecule has 39 heavy (non-hydrogen) atoms. The number of nitrogens with one attached hydrogen (secondary N) is 2. The molecule has 6 rings (SSSR count). The summed E-state index contributed by atoms with van der Waals surface area (Å²) in [5.41, 5.74) is 4.21. The number of aryl methyl sites for hydroxylation is 1. The van der Waals surface area contributed by atoms with Crippen LogP contribution in [-0.2, 0) is 24.8 Å². The topological polar surface area (TPSA) is 83.2 Å². The zero-order valence-electron chi connectivity index (χ0n) is 23.0. The average Bonchev–Trinajstić information content (AvgIpc) is 3.54. The number of aromatic nitrogens is 4. The van der Waals surface area contributed by atoms with Crippen LogP contribution in [0.15, 0.2) is 30.6 Å². The molecule has 9 nitrogen and oxygen atoms in total. The largest absolute Gasteiger partial charge is 0.338 e. The number of benzene rings is 1. The van der Waals surface area contributed by atoms with Crippen LogP contribution in [-0.4, -0.2) is 74.5 Å². The van der Waals surface area contributed by atoms with Gasteiger partial charge in [-0.05, 0) is 62.4 Å². The van der Waals surface area contributed by atoms with Crippen LogP contribution < -0.4 is 10.6 Å². The fraction of sp³-hybridized carbons (Fsp3) is 0.552. The summed E-state index contributed by atoms with van der Waals surface area (Å²) in [6, 6.07) is 5.50. The number of amides is 1. The van der Waals surface area contributed by atoms with E-state index in [4.69, 9.17) is 5.10 Å². The minimum atomic E-state index is -0.342. The van der Waals surface area contributed by atoms with Crippen molar-refractivity contribution in [3.8, 4) is 11.1 Å². The van der Waals surface area contributed by atoms with E-state index < -0.39 is 0 Å². The van der Waals surface area contributed by atoms with Gasteiger partial charge in [0, 0.05) is 69.6 Å². The third kappa shape index (κ3) is 5.58. The molecule has 3 aromatic rings. The van der Waals surface area contributed by atoms with E-state index in [-0.39, 0.29) is 11.7 Å². The lowest BCUT2D eigenvalue weighted by molar-refractivity contribution is -0.129. The fourth-order valence-corrected chi connectivity index (χ4v) is 6.39. The van der Waals surface area contributed by atoms with Gasteiger partial charge in [0.2, 0.25) is 5.91 Å². The minimum Gasteiger partial charge on any atom is -0.338 e. The van der Waals surface area contributed by atoms with Crippen molar-refractivity contribution in [2.75, 3.05) is 44.6 Å². The van der Waals surface area contributed by atoms with Crippen molar-refractivity contribution in [1.82, 2.24) is 34.7 Å². The van der Waals surface area contributed by atoms with Gasteiger partial charge in [0.05, 0.1) is 24.5 Å². The van der Waals surface area contributed by atoms with Crippen molar-refractivity contribution < 1.29 is 9.18 Å². The molecule has 10 heteroatoms. The molecule has 2 aromatic heterocycles. The summed E-state index contributed by atoms with van der Waals surface area (Å²) < 4.78 is 19.2. The lowest BCUT2D eigenvalue weighted by Crippen LogP contribution is -2.41. The first-order valence-corrected chi connectivity index (χ1v) is 14.3. The molecule has 0 unspecified atom stereocenters. The van der Waals surface area contributed by atoms with Crippen LogP contribution in [0.2, 0.25) is 0 Å². The molecule has 0 bridgehead atoms. The van der Waals surface area contributed by atoms with E-state index in [1.165, 1.54) is 31.1 Å². The van der Waals surface area contributed by atoms with Gasteiger partial charge in [-0.15, -0.1) is 0 Å². The Morgan fingerprint density at radius 1 is 1.13 bits per heavy atom. The number of rotatable bonds is 6. The van der Waals surface area contributed by atoms with Crippen LogP contribution in [0.25, 0.3) is 11.1 Å². The Labute approximate surface area is 229 Å². The Balaban J connectivity index is 1.21. The van der Waals surface area contributed by atoms with Gasteiger partial charge in [0.1, 0.15) is 5.82 Å². The van der Waals surface area contributed by atoms with Crippen LogP contribution in [0.4, 0.5) is 15.9 Å². The zero-order chi connectivity index (χ0) is 26.9. The molecule has 3 aliphatic heterocycles. The lowest BCUT2D eigenvalue weighted by Gasteiger charge is -2.36. The van der Waals surface area contributed by atoms with Gasteiger partial charge >= 0.3 is 0 Å². The van der Waals surface area contributed by atoms with Crippen molar-refractivity contribution in [3.05, 3.63) is 47.7 Å². The van der Waals surface area contributed by atoms with E-state index in [0.29, 0.717) is 30.6 Å². The highest BCUT2D eigenvalue weighted by molar-refractivity contribution is 5.74. The number of likely N-dealkylation sites (tertiary alicyclic amines) is 1. The Morgan fingerprint density at radius 2 is 1.92 bits per heavy atom. The van der Waals surface area contributed by atoms with Crippen LogP contribution >= 0.6 is 0 Å². The van der Waals surface area contributed by atoms with Gasteiger partial charge in [0.25, 0.3) is 0 Å². The molecule has 2 N–H and O–H groups in total. The minimum absolute atomic E-state index is 0.0533. The second-order valence-electron chi connectivity index (χ2n) is 11.4. The summed E-state index contributed by atoms with van der Waals surface area (Å²) >= 11 is 0. The first-order valence-electron chi connectivity index (χ1n) is 14.3. The maximum Gasteiger partial charge on any atom is 0.219 e. The molecule has 1 amide bonds. The smallest absolute Gasteiger partial charge is 0.219 e. The molecule has 5 heterocycles. The van der Waals surface area contributed by atoms with E-state index in [9.17, 15) is 4.79 Å². The standard InChI is InChI=1S/C29H39FN8O/c1-20(39)37-14-9-28-25(19-37)29(33-27-4-3-22(15-26(27)30)23-16-32-35(2)18-23)34-38(28)24-7-12-36(13-8-24)17-21-5-10-31-11-6-21/h3-4,15-16,18,21,24,31H,5-14,17,19H2,1-2H3,(H,33,34). The average molecular weight is 535 g/mol. The molecule has 3 aliphatic rings. The van der Waals surface area contributed by atoms with Crippen molar-refractivity contribution in [2.24, 2.45) is 13.0 Å². The van der Waals surface area contributed by atoms with E-state index in [0.717, 1.165) is 68.0 Å². The third-order valence-corrected chi connectivity index (χ3v) is 8.67. The molecule has 0 spiro atoms. The van der Waals surface area contributed by atoms with Crippen molar-refractivity contribution >= 4 is 17.4 Å². The van der Waals surface area contributed by atoms with Gasteiger partial charge in [-0.1, -0.05) is 6.07 Å². The molecular formula is C29H39FN8O. The second-order valence-corrected chi connectivity index (χ2v) is 11.4. The summed E-state index contributed by atoms with van der Waals surface area (Å²) in [6.07, 6.45) is 9.03. The summed E-state index contributed by atoms with van der Waals surface area (Å²) in [4.78, 5) is 16.7. The SMILES string of the molecule is CC(=O)N1CCc2c(c(Nc3ccc(-c4cnn(C)c4)cc3F)nn2C2CCN(CC3CCNCC3)CC2)C1. The molecule has 0 saturated carbocycles. The Bertz CT molecular complexity index is 1320. The van der Waals surface area contributed by atoms with Crippen molar-refractivity contribution in [1.29, 1.82) is 0 Å². The van der Waals surface area contributed by atoms with Gasteiger partial charge < -0.3 is 20.4 Å². The number of halogens is 1. The number of nitrogens with zero attached hydrogens (tertiary/aromatic N) is 6. The van der Waals surface area contributed by atoms with Gasteiger partial charge in [-0.3, -0.25) is 14.2 Å². The predicted molar refractivity (Wildman–Crippen MR) is 149 cm³/mol. The first kappa shape index (κ1) is 26.0. The van der Waals surface area contributed by atoms with Crippen LogP contribution in [0.5, 0.6) is 0 Å². The number of fused-ring (bicyclic) bond motifs is 1. The van der Waals surface area contributed by atoms with Gasteiger partial charge in [-0.25, -0.2) is 4.39 Å². The highest BCUT2D eigenvalue weighted by Crippen LogP contribution is 2.35. The number of hydrogen-bond acceptors (Lipinski definition) is 6. The fourth-order valence-electron chi connectivity index (χ4n) is 6.39. The first-order chi connectivity index (χ1) is 18.9. The zero-order valence-corrected chi connectivity index (χ0v) is 23.0. The van der Waals surface area contributed by atoms with Crippen LogP contribution in [0.3, 0.4) is 0 Å². The van der Waals surface area contributed by atoms with Gasteiger partial charge in [0.15, 0.2) is 5.82 Å². The molecule has 0 radical (unpaired) electrons. The van der Waals surface area contributed by atoms with E-state index >= 15 is 4.39 Å². The molecule has 2 saturated heterocycles.